The highest BCUT2D eigenvalue weighted by atomic mass is 32.2. The zero-order valence-electron chi connectivity index (χ0n) is 16.6. The molecule has 0 saturated carbocycles. The van der Waals surface area contributed by atoms with Crippen LogP contribution >= 0.6 is 23.1 Å². The molecule has 2 aromatic carbocycles. The largest absolute Gasteiger partial charge is 0.347 e. The molecule has 1 saturated heterocycles. The van der Waals surface area contributed by atoms with Crippen molar-refractivity contribution in [3.63, 3.8) is 0 Å². The number of nitrogens with one attached hydrogen (secondary N) is 1. The summed E-state index contributed by atoms with van der Waals surface area (Å²) in [7, 11) is 0. The van der Waals surface area contributed by atoms with E-state index in [4.69, 9.17) is 0 Å². The average molecular weight is 425 g/mol. The van der Waals surface area contributed by atoms with Crippen molar-refractivity contribution in [2.45, 2.75) is 36.3 Å². The van der Waals surface area contributed by atoms with Crippen LogP contribution in [0.4, 0.5) is 10.8 Å². The van der Waals surface area contributed by atoms with Crippen molar-refractivity contribution < 1.29 is 4.79 Å². The Labute approximate surface area is 179 Å². The molecule has 0 spiro atoms. The predicted octanol–water partition coefficient (Wildman–Crippen LogP) is 5.23. The summed E-state index contributed by atoms with van der Waals surface area (Å²) in [4.78, 5) is 15.5. The summed E-state index contributed by atoms with van der Waals surface area (Å²) in [5, 5.41) is 12.4. The molecular weight excluding hydrogens is 400 g/mol. The van der Waals surface area contributed by atoms with E-state index in [1.807, 2.05) is 56.3 Å². The number of thioether (sulfide) groups is 1. The molecule has 1 aliphatic rings. The number of carbonyl (C=O) groups excluding carboxylic acids is 1. The van der Waals surface area contributed by atoms with E-state index in [1.54, 1.807) is 11.3 Å². The highest BCUT2D eigenvalue weighted by Crippen LogP contribution is 2.40. The number of benzene rings is 2. The minimum Gasteiger partial charge on any atom is -0.347 e. The maximum absolute atomic E-state index is 13.3. The van der Waals surface area contributed by atoms with E-state index in [0.29, 0.717) is 0 Å². The van der Waals surface area contributed by atoms with Crippen LogP contribution in [0.15, 0.2) is 52.9 Å². The fourth-order valence-corrected chi connectivity index (χ4v) is 5.44. The van der Waals surface area contributed by atoms with Gasteiger partial charge in [0.25, 0.3) is 0 Å². The van der Waals surface area contributed by atoms with Crippen LogP contribution in [0.3, 0.4) is 0 Å². The standard InChI is InChI=1S/C22H24N4OS2/c1-15-10-11-16(2)18(14-15)23-20(27)19(17-8-4-3-5-9-17)28-22-25-24-21(29-22)26-12-6-7-13-26/h3-5,8-11,14,19H,6-7,12-13H2,1-2H3,(H,23,27). The van der Waals surface area contributed by atoms with Gasteiger partial charge in [-0.1, -0.05) is 65.6 Å². The molecule has 1 amide bonds. The topological polar surface area (TPSA) is 58.1 Å². The minimum atomic E-state index is -0.393. The van der Waals surface area contributed by atoms with Crippen molar-refractivity contribution in [2.24, 2.45) is 0 Å². The Morgan fingerprint density at radius 1 is 1.10 bits per heavy atom. The van der Waals surface area contributed by atoms with E-state index < -0.39 is 5.25 Å². The smallest absolute Gasteiger partial charge is 0.242 e. The number of nitrogens with zero attached hydrogens (tertiary/aromatic N) is 3. The minimum absolute atomic E-state index is 0.0483. The number of amides is 1. The third-order valence-electron chi connectivity index (χ3n) is 4.98. The summed E-state index contributed by atoms with van der Waals surface area (Å²) >= 11 is 3.03. The zero-order valence-corrected chi connectivity index (χ0v) is 18.2. The molecule has 1 aromatic heterocycles. The molecule has 150 valence electrons. The Balaban J connectivity index is 1.57. The molecular formula is C22H24N4OS2. The first-order chi connectivity index (χ1) is 14.1. The molecule has 0 radical (unpaired) electrons. The number of carbonyl (C=O) groups is 1. The number of hydrogen-bond donors (Lipinski definition) is 1. The third-order valence-corrected chi connectivity index (χ3v) is 7.31. The molecule has 4 rings (SSSR count). The zero-order chi connectivity index (χ0) is 20.2. The summed E-state index contributed by atoms with van der Waals surface area (Å²) in [6, 6.07) is 16.0. The highest BCUT2D eigenvalue weighted by Gasteiger charge is 2.25. The molecule has 5 nitrogen and oxygen atoms in total. The van der Waals surface area contributed by atoms with Gasteiger partial charge in [-0.3, -0.25) is 4.79 Å². The number of hydrogen-bond acceptors (Lipinski definition) is 6. The predicted molar refractivity (Wildman–Crippen MR) is 121 cm³/mol. The molecule has 7 heteroatoms. The van der Waals surface area contributed by atoms with E-state index in [1.165, 1.54) is 24.6 Å². The van der Waals surface area contributed by atoms with Crippen molar-refractivity contribution >= 4 is 39.8 Å². The number of anilines is 2. The quantitative estimate of drug-likeness (QED) is 0.549. The molecule has 0 aliphatic carbocycles. The van der Waals surface area contributed by atoms with E-state index in [9.17, 15) is 4.79 Å². The van der Waals surface area contributed by atoms with Gasteiger partial charge in [0.1, 0.15) is 5.25 Å². The Bertz CT molecular complexity index is 983. The molecule has 1 aliphatic heterocycles. The van der Waals surface area contributed by atoms with Crippen LogP contribution < -0.4 is 10.2 Å². The van der Waals surface area contributed by atoms with Gasteiger partial charge in [-0.2, -0.15) is 0 Å². The Hall–Kier alpha value is -2.38. The van der Waals surface area contributed by atoms with Crippen LogP contribution in [0.25, 0.3) is 0 Å². The fourth-order valence-electron chi connectivity index (χ4n) is 3.36. The van der Waals surface area contributed by atoms with Gasteiger partial charge in [-0.15, -0.1) is 10.2 Å². The van der Waals surface area contributed by atoms with E-state index in [0.717, 1.165) is 44.9 Å². The summed E-state index contributed by atoms with van der Waals surface area (Å²) in [6.45, 7) is 6.11. The van der Waals surface area contributed by atoms with Gasteiger partial charge in [0.05, 0.1) is 0 Å². The van der Waals surface area contributed by atoms with Crippen LogP contribution in [0, 0.1) is 13.8 Å². The van der Waals surface area contributed by atoms with Gasteiger partial charge in [0.15, 0.2) is 4.34 Å². The summed E-state index contributed by atoms with van der Waals surface area (Å²) in [5.74, 6) is -0.0483. The van der Waals surface area contributed by atoms with Crippen molar-refractivity contribution in [1.82, 2.24) is 10.2 Å². The molecule has 3 aromatic rings. The summed E-state index contributed by atoms with van der Waals surface area (Å²) < 4.78 is 0.817. The molecule has 1 fully saturated rings. The van der Waals surface area contributed by atoms with E-state index in [2.05, 4.69) is 26.5 Å². The number of rotatable bonds is 6. The molecule has 2 heterocycles. The van der Waals surface area contributed by atoms with Crippen LogP contribution in [0.2, 0.25) is 0 Å². The first-order valence-corrected chi connectivity index (χ1v) is 11.5. The molecule has 1 atom stereocenters. The number of aryl methyl sites for hydroxylation is 2. The van der Waals surface area contributed by atoms with E-state index in [-0.39, 0.29) is 5.91 Å². The summed E-state index contributed by atoms with van der Waals surface area (Å²) in [6.07, 6.45) is 2.40. The lowest BCUT2D eigenvalue weighted by Crippen LogP contribution is -2.19. The molecule has 1 unspecified atom stereocenters. The van der Waals surface area contributed by atoms with Gasteiger partial charge in [-0.25, -0.2) is 0 Å². The average Bonchev–Trinajstić information content (AvgIpc) is 3.41. The monoisotopic (exact) mass is 424 g/mol. The molecule has 29 heavy (non-hydrogen) atoms. The first kappa shape index (κ1) is 19.9. The molecule has 0 bridgehead atoms. The summed E-state index contributed by atoms with van der Waals surface area (Å²) in [5.41, 5.74) is 3.98. The molecule has 1 N–H and O–H groups in total. The highest BCUT2D eigenvalue weighted by molar-refractivity contribution is 8.02. The van der Waals surface area contributed by atoms with Crippen molar-refractivity contribution in [3.05, 3.63) is 65.2 Å². The lowest BCUT2D eigenvalue weighted by atomic mass is 10.1. The van der Waals surface area contributed by atoms with Crippen molar-refractivity contribution in [1.29, 1.82) is 0 Å². The Morgan fingerprint density at radius 2 is 1.86 bits per heavy atom. The second-order valence-corrected chi connectivity index (χ2v) is 9.57. The maximum atomic E-state index is 13.3. The fraction of sp³-hybridized carbons (Fsp3) is 0.318. The second-order valence-electron chi connectivity index (χ2n) is 7.26. The van der Waals surface area contributed by atoms with Crippen molar-refractivity contribution in [3.8, 4) is 0 Å². The van der Waals surface area contributed by atoms with Crippen LogP contribution in [-0.4, -0.2) is 29.2 Å². The first-order valence-electron chi connectivity index (χ1n) is 9.78. The van der Waals surface area contributed by atoms with Crippen molar-refractivity contribution in [2.75, 3.05) is 23.3 Å². The van der Waals surface area contributed by atoms with Gasteiger partial charge < -0.3 is 10.2 Å². The lowest BCUT2D eigenvalue weighted by Gasteiger charge is -2.17. The maximum Gasteiger partial charge on any atom is 0.242 e. The number of aromatic nitrogens is 2. The van der Waals surface area contributed by atoms with Gasteiger partial charge >= 0.3 is 0 Å². The third kappa shape index (κ3) is 4.79. The van der Waals surface area contributed by atoms with Crippen LogP contribution in [0.1, 0.15) is 34.8 Å². The van der Waals surface area contributed by atoms with Gasteiger partial charge in [0, 0.05) is 18.8 Å². The van der Waals surface area contributed by atoms with Crippen LogP contribution in [-0.2, 0) is 4.79 Å². The van der Waals surface area contributed by atoms with Gasteiger partial charge in [0.2, 0.25) is 11.0 Å². The SMILES string of the molecule is Cc1ccc(C)c(NC(=O)C(Sc2nnc(N3CCCC3)s2)c2ccccc2)c1. The Morgan fingerprint density at radius 3 is 2.62 bits per heavy atom. The normalized spacial score (nSPS) is 14.8. The Kier molecular flexibility index (Phi) is 6.16. The van der Waals surface area contributed by atoms with Gasteiger partial charge in [-0.05, 0) is 49.4 Å². The van der Waals surface area contributed by atoms with Crippen LogP contribution in [0.5, 0.6) is 0 Å². The lowest BCUT2D eigenvalue weighted by molar-refractivity contribution is -0.115. The van der Waals surface area contributed by atoms with E-state index >= 15 is 0 Å². The second kappa shape index (κ2) is 8.97.